The van der Waals surface area contributed by atoms with Gasteiger partial charge < -0.3 is 15.0 Å². The highest BCUT2D eigenvalue weighted by molar-refractivity contribution is 5.78. The molecule has 29 heavy (non-hydrogen) atoms. The lowest BCUT2D eigenvalue weighted by Gasteiger charge is -2.20. The number of rotatable bonds is 8. The third-order valence-electron chi connectivity index (χ3n) is 4.41. The van der Waals surface area contributed by atoms with E-state index in [9.17, 15) is 19.2 Å². The Labute approximate surface area is 168 Å². The van der Waals surface area contributed by atoms with Crippen molar-refractivity contribution in [3.8, 4) is 0 Å². The molecule has 3 N–H and O–H groups in total. The Morgan fingerprint density at radius 3 is 2.31 bits per heavy atom. The zero-order chi connectivity index (χ0) is 21.6. The highest BCUT2D eigenvalue weighted by atomic mass is 16.5. The van der Waals surface area contributed by atoms with E-state index in [2.05, 4.69) is 15.3 Å². The number of aromatic nitrogens is 2. The van der Waals surface area contributed by atoms with Crippen LogP contribution in [0, 0.1) is 13.8 Å². The van der Waals surface area contributed by atoms with Crippen LogP contribution in [0.2, 0.25) is 0 Å². The van der Waals surface area contributed by atoms with E-state index in [1.54, 1.807) is 20.8 Å². The molecule has 1 unspecified atom stereocenters. The van der Waals surface area contributed by atoms with Crippen LogP contribution in [-0.4, -0.2) is 27.9 Å². The van der Waals surface area contributed by atoms with E-state index in [0.29, 0.717) is 11.3 Å². The summed E-state index contributed by atoms with van der Waals surface area (Å²) in [5, 5.41) is 2.85. The number of esters is 1. The van der Waals surface area contributed by atoms with Crippen LogP contribution in [0.15, 0.2) is 33.9 Å². The minimum absolute atomic E-state index is 0.00521. The van der Waals surface area contributed by atoms with Gasteiger partial charge in [0.25, 0.3) is 5.56 Å². The van der Waals surface area contributed by atoms with Gasteiger partial charge in [0.05, 0.1) is 18.6 Å². The second-order valence-corrected chi connectivity index (χ2v) is 7.29. The molecule has 0 aliphatic carbocycles. The maximum Gasteiger partial charge on any atom is 0.325 e. The maximum absolute atomic E-state index is 12.5. The Morgan fingerprint density at radius 2 is 1.72 bits per heavy atom. The Kier molecular flexibility index (Phi) is 7.52. The molecule has 1 atom stereocenters. The van der Waals surface area contributed by atoms with Gasteiger partial charge in [-0.2, -0.15) is 0 Å². The zero-order valence-electron chi connectivity index (χ0n) is 17.1. The first-order valence-corrected chi connectivity index (χ1v) is 9.53. The van der Waals surface area contributed by atoms with E-state index in [-0.39, 0.29) is 31.3 Å². The summed E-state index contributed by atoms with van der Waals surface area (Å²) in [5.74, 6) is -0.711. The van der Waals surface area contributed by atoms with E-state index >= 15 is 0 Å². The third kappa shape index (κ3) is 6.74. The predicted octanol–water partition coefficient (Wildman–Crippen LogP) is 1.81. The Hall–Kier alpha value is -3.16. The lowest BCUT2D eigenvalue weighted by Crippen LogP contribution is -2.32. The summed E-state index contributed by atoms with van der Waals surface area (Å²) >= 11 is 0. The van der Waals surface area contributed by atoms with Crippen molar-refractivity contribution in [2.24, 2.45) is 0 Å². The van der Waals surface area contributed by atoms with Crippen LogP contribution in [0.1, 0.15) is 55.1 Å². The van der Waals surface area contributed by atoms with Crippen molar-refractivity contribution in [2.75, 3.05) is 0 Å². The first kappa shape index (κ1) is 22.1. The molecular weight excluding hydrogens is 374 g/mol. The van der Waals surface area contributed by atoms with Gasteiger partial charge in [0.2, 0.25) is 5.91 Å². The summed E-state index contributed by atoms with van der Waals surface area (Å²) in [7, 11) is 0. The normalized spacial score (nSPS) is 11.9. The summed E-state index contributed by atoms with van der Waals surface area (Å²) in [6, 6.07) is 7.00. The van der Waals surface area contributed by atoms with Gasteiger partial charge >= 0.3 is 11.7 Å². The molecule has 0 aliphatic rings. The fraction of sp³-hybridized carbons (Fsp3) is 0.429. The largest absolute Gasteiger partial charge is 0.463 e. The lowest BCUT2D eigenvalue weighted by atomic mass is 10.0. The van der Waals surface area contributed by atoms with Gasteiger partial charge in [-0.25, -0.2) is 4.79 Å². The Balaban J connectivity index is 2.10. The van der Waals surface area contributed by atoms with Crippen molar-refractivity contribution >= 4 is 11.9 Å². The van der Waals surface area contributed by atoms with Crippen molar-refractivity contribution in [1.29, 1.82) is 0 Å². The van der Waals surface area contributed by atoms with E-state index in [4.69, 9.17) is 4.74 Å². The van der Waals surface area contributed by atoms with Crippen LogP contribution in [0.3, 0.4) is 0 Å². The zero-order valence-corrected chi connectivity index (χ0v) is 17.1. The van der Waals surface area contributed by atoms with Gasteiger partial charge in [-0.05, 0) is 39.7 Å². The lowest BCUT2D eigenvalue weighted by molar-refractivity contribution is -0.148. The van der Waals surface area contributed by atoms with Crippen LogP contribution in [-0.2, 0) is 20.7 Å². The molecule has 0 spiro atoms. The molecule has 8 nitrogen and oxygen atoms in total. The van der Waals surface area contributed by atoms with Crippen LogP contribution in [0.4, 0.5) is 0 Å². The summed E-state index contributed by atoms with van der Waals surface area (Å²) in [6.45, 7) is 7.10. The van der Waals surface area contributed by atoms with Crippen LogP contribution < -0.4 is 16.6 Å². The number of aryl methyl sites for hydroxylation is 2. The van der Waals surface area contributed by atoms with Crippen LogP contribution in [0.25, 0.3) is 0 Å². The summed E-state index contributed by atoms with van der Waals surface area (Å²) < 4.78 is 5.21. The quantitative estimate of drug-likeness (QED) is 0.583. The molecule has 0 saturated heterocycles. The van der Waals surface area contributed by atoms with Crippen molar-refractivity contribution in [1.82, 2.24) is 15.3 Å². The average Bonchev–Trinajstić information content (AvgIpc) is 2.60. The molecule has 1 aromatic carbocycles. The second-order valence-electron chi connectivity index (χ2n) is 7.29. The number of aromatic amines is 2. The standard InChI is InChI=1S/C21H27N3O5/c1-12(2)29-19(26)11-17(15-7-5-13(3)6-8-15)23-18(25)10-9-16-14(4)22-21(28)24-20(16)27/h5-8,12,17H,9-11H2,1-4H3,(H,23,25)(H2,22,24,27,28). The molecule has 0 saturated carbocycles. The van der Waals surface area contributed by atoms with Crippen LogP contribution >= 0.6 is 0 Å². The minimum atomic E-state index is -0.580. The van der Waals surface area contributed by atoms with Crippen molar-refractivity contribution < 1.29 is 14.3 Å². The molecular formula is C21H27N3O5. The SMILES string of the molecule is Cc1ccc(C(CC(=O)OC(C)C)NC(=O)CCc2c(C)[nH]c(=O)[nH]c2=O)cc1. The maximum atomic E-state index is 12.5. The molecule has 0 bridgehead atoms. The molecule has 1 aromatic heterocycles. The number of hydrogen-bond acceptors (Lipinski definition) is 5. The van der Waals surface area contributed by atoms with Gasteiger partial charge in [0, 0.05) is 17.7 Å². The summed E-state index contributed by atoms with van der Waals surface area (Å²) in [5.41, 5.74) is 1.56. The second kappa shape index (κ2) is 9.86. The van der Waals surface area contributed by atoms with Crippen LogP contribution in [0.5, 0.6) is 0 Å². The molecule has 1 heterocycles. The van der Waals surface area contributed by atoms with Crippen molar-refractivity contribution in [2.45, 2.75) is 59.1 Å². The van der Waals surface area contributed by atoms with Gasteiger partial charge in [-0.1, -0.05) is 29.8 Å². The number of benzene rings is 1. The Bertz CT molecular complexity index is 973. The first-order valence-electron chi connectivity index (χ1n) is 9.53. The topological polar surface area (TPSA) is 121 Å². The monoisotopic (exact) mass is 401 g/mol. The van der Waals surface area contributed by atoms with Crippen molar-refractivity contribution in [3.63, 3.8) is 0 Å². The number of carbonyl (C=O) groups is 2. The fourth-order valence-corrected chi connectivity index (χ4v) is 2.96. The average molecular weight is 401 g/mol. The molecule has 0 aliphatic heterocycles. The number of carbonyl (C=O) groups excluding carboxylic acids is 2. The van der Waals surface area contributed by atoms with Gasteiger partial charge in [-0.3, -0.25) is 19.4 Å². The Morgan fingerprint density at radius 1 is 1.07 bits per heavy atom. The highest BCUT2D eigenvalue weighted by Crippen LogP contribution is 2.19. The highest BCUT2D eigenvalue weighted by Gasteiger charge is 2.20. The number of hydrogen-bond donors (Lipinski definition) is 3. The number of nitrogens with one attached hydrogen (secondary N) is 3. The molecule has 156 valence electrons. The van der Waals surface area contributed by atoms with Gasteiger partial charge in [0.1, 0.15) is 0 Å². The molecule has 0 radical (unpaired) electrons. The number of H-pyrrole nitrogens is 2. The molecule has 2 rings (SSSR count). The minimum Gasteiger partial charge on any atom is -0.463 e. The van der Waals surface area contributed by atoms with E-state index < -0.39 is 23.3 Å². The number of ether oxygens (including phenoxy) is 1. The van der Waals surface area contributed by atoms with Crippen molar-refractivity contribution in [3.05, 3.63) is 67.5 Å². The molecule has 8 heteroatoms. The molecule has 0 fully saturated rings. The molecule has 1 amide bonds. The van der Waals surface area contributed by atoms with E-state index in [0.717, 1.165) is 11.1 Å². The van der Waals surface area contributed by atoms with Gasteiger partial charge in [-0.15, -0.1) is 0 Å². The summed E-state index contributed by atoms with van der Waals surface area (Å²) in [4.78, 5) is 52.5. The van der Waals surface area contributed by atoms with Gasteiger partial charge in [0.15, 0.2) is 0 Å². The fourth-order valence-electron chi connectivity index (χ4n) is 2.96. The first-order chi connectivity index (χ1) is 13.7. The number of amides is 1. The smallest absolute Gasteiger partial charge is 0.325 e. The third-order valence-corrected chi connectivity index (χ3v) is 4.41. The van der Waals surface area contributed by atoms with E-state index in [1.807, 2.05) is 31.2 Å². The molecule has 2 aromatic rings. The van der Waals surface area contributed by atoms with E-state index in [1.165, 1.54) is 0 Å². The summed E-state index contributed by atoms with van der Waals surface area (Å²) in [6.07, 6.45) is -0.0318. The predicted molar refractivity (Wildman–Crippen MR) is 109 cm³/mol.